The number of benzene rings is 1. The molecule has 2 nitrogen and oxygen atoms in total. The molecule has 0 saturated heterocycles. The second kappa shape index (κ2) is 6.83. The fourth-order valence-electron chi connectivity index (χ4n) is 2.07. The van der Waals surface area contributed by atoms with Gasteiger partial charge in [0.15, 0.2) is 0 Å². The van der Waals surface area contributed by atoms with Gasteiger partial charge in [0.2, 0.25) is 0 Å². The van der Waals surface area contributed by atoms with Crippen LogP contribution in [0.15, 0.2) is 46.3 Å². The van der Waals surface area contributed by atoms with Crippen LogP contribution in [-0.4, -0.2) is 11.5 Å². The van der Waals surface area contributed by atoms with Crippen molar-refractivity contribution in [3.8, 4) is 21.1 Å². The van der Waals surface area contributed by atoms with Crippen LogP contribution in [0.3, 0.4) is 0 Å². The molecule has 21 heavy (non-hydrogen) atoms. The number of hydrogen-bond donors (Lipinski definition) is 1. The minimum Gasteiger partial charge on any atom is -0.312 e. The highest BCUT2D eigenvalue weighted by Crippen LogP contribution is 2.38. The van der Waals surface area contributed by atoms with E-state index >= 15 is 0 Å². The van der Waals surface area contributed by atoms with E-state index in [9.17, 15) is 0 Å². The van der Waals surface area contributed by atoms with E-state index in [0.29, 0.717) is 0 Å². The van der Waals surface area contributed by atoms with Crippen LogP contribution in [0.1, 0.15) is 11.8 Å². The summed E-state index contributed by atoms with van der Waals surface area (Å²) in [7, 11) is 0. The van der Waals surface area contributed by atoms with Gasteiger partial charge < -0.3 is 5.32 Å². The lowest BCUT2D eigenvalue weighted by Gasteiger charge is -2.02. The van der Waals surface area contributed by atoms with Gasteiger partial charge in [-0.2, -0.15) is 0 Å². The van der Waals surface area contributed by atoms with E-state index in [-0.39, 0.29) is 0 Å². The standard InChI is InChI=1S/C16H15BrN2S2/c1-2-18-10-13-15(11-6-4-3-5-7-11)19-16(21-13)12-8-9-14(17)20-12/h3-9,18H,2,10H2,1H3. The zero-order valence-electron chi connectivity index (χ0n) is 11.6. The molecular formula is C16H15BrN2S2. The SMILES string of the molecule is CCNCc1sc(-c2ccc(Br)s2)nc1-c1ccccc1. The zero-order valence-corrected chi connectivity index (χ0v) is 14.8. The average molecular weight is 379 g/mol. The summed E-state index contributed by atoms with van der Waals surface area (Å²) in [5, 5.41) is 4.50. The molecule has 0 fully saturated rings. The van der Waals surface area contributed by atoms with Crippen LogP contribution in [0.4, 0.5) is 0 Å². The quantitative estimate of drug-likeness (QED) is 0.641. The van der Waals surface area contributed by atoms with Crippen molar-refractivity contribution in [3.63, 3.8) is 0 Å². The van der Waals surface area contributed by atoms with Gasteiger partial charge in [-0.25, -0.2) is 4.98 Å². The van der Waals surface area contributed by atoms with Crippen LogP contribution in [0.25, 0.3) is 21.1 Å². The van der Waals surface area contributed by atoms with Gasteiger partial charge in [0.05, 0.1) is 14.4 Å². The van der Waals surface area contributed by atoms with Crippen LogP contribution in [0.2, 0.25) is 0 Å². The average Bonchev–Trinajstić information content (AvgIpc) is 3.12. The first kappa shape index (κ1) is 14.9. The van der Waals surface area contributed by atoms with Gasteiger partial charge >= 0.3 is 0 Å². The van der Waals surface area contributed by atoms with Crippen molar-refractivity contribution in [2.24, 2.45) is 0 Å². The molecule has 0 aliphatic rings. The van der Waals surface area contributed by atoms with E-state index in [0.717, 1.165) is 27.6 Å². The van der Waals surface area contributed by atoms with Gasteiger partial charge in [-0.05, 0) is 34.6 Å². The minimum absolute atomic E-state index is 0.866. The molecule has 108 valence electrons. The van der Waals surface area contributed by atoms with Crippen LogP contribution in [0, 0.1) is 0 Å². The van der Waals surface area contributed by atoms with Crippen molar-refractivity contribution in [1.29, 1.82) is 0 Å². The van der Waals surface area contributed by atoms with Crippen molar-refractivity contribution >= 4 is 38.6 Å². The summed E-state index contributed by atoms with van der Waals surface area (Å²) in [5.41, 5.74) is 2.28. The number of nitrogens with zero attached hydrogens (tertiary/aromatic N) is 1. The van der Waals surface area contributed by atoms with Gasteiger partial charge in [-0.1, -0.05) is 37.3 Å². The molecule has 1 aromatic carbocycles. The smallest absolute Gasteiger partial charge is 0.134 e. The number of rotatable bonds is 5. The van der Waals surface area contributed by atoms with Gasteiger partial charge in [0, 0.05) is 17.0 Å². The maximum Gasteiger partial charge on any atom is 0.134 e. The molecular weight excluding hydrogens is 364 g/mol. The molecule has 1 N–H and O–H groups in total. The Hall–Kier alpha value is -1.01. The number of thiazole rings is 1. The van der Waals surface area contributed by atoms with Crippen molar-refractivity contribution in [1.82, 2.24) is 10.3 Å². The second-order valence-electron chi connectivity index (χ2n) is 4.54. The van der Waals surface area contributed by atoms with Gasteiger partial charge in [0.1, 0.15) is 5.01 Å². The maximum atomic E-state index is 4.89. The van der Waals surface area contributed by atoms with E-state index in [1.165, 1.54) is 15.3 Å². The Balaban J connectivity index is 2.03. The summed E-state index contributed by atoms with van der Waals surface area (Å²) in [5.74, 6) is 0. The highest BCUT2D eigenvalue weighted by Gasteiger charge is 2.15. The molecule has 0 aliphatic heterocycles. The molecule has 0 aliphatic carbocycles. The Kier molecular flexibility index (Phi) is 4.85. The molecule has 0 radical (unpaired) electrons. The molecule has 3 rings (SSSR count). The van der Waals surface area contributed by atoms with Crippen LogP contribution in [-0.2, 0) is 6.54 Å². The number of nitrogens with one attached hydrogen (secondary N) is 1. The highest BCUT2D eigenvalue weighted by molar-refractivity contribution is 9.11. The predicted molar refractivity (Wildman–Crippen MR) is 95.9 cm³/mol. The summed E-state index contributed by atoms with van der Waals surface area (Å²) in [6.45, 7) is 3.96. The van der Waals surface area contributed by atoms with Gasteiger partial charge in [-0.3, -0.25) is 0 Å². The molecule has 5 heteroatoms. The van der Waals surface area contributed by atoms with Crippen LogP contribution < -0.4 is 5.32 Å². The lowest BCUT2D eigenvalue weighted by atomic mass is 10.1. The highest BCUT2D eigenvalue weighted by atomic mass is 79.9. The molecule has 0 unspecified atom stereocenters. The third-order valence-electron chi connectivity index (χ3n) is 3.06. The summed E-state index contributed by atoms with van der Waals surface area (Å²) >= 11 is 7.03. The zero-order chi connectivity index (χ0) is 14.7. The van der Waals surface area contributed by atoms with Crippen molar-refractivity contribution < 1.29 is 0 Å². The largest absolute Gasteiger partial charge is 0.312 e. The van der Waals surface area contributed by atoms with E-state index in [2.05, 4.69) is 64.6 Å². The number of aromatic nitrogens is 1. The fourth-order valence-corrected chi connectivity index (χ4v) is 4.56. The molecule has 0 saturated carbocycles. The van der Waals surface area contributed by atoms with E-state index in [1.54, 1.807) is 22.7 Å². The van der Waals surface area contributed by atoms with Crippen molar-refractivity contribution in [2.45, 2.75) is 13.5 Å². The molecule has 2 heterocycles. The Bertz CT molecular complexity index is 719. The van der Waals surface area contributed by atoms with Gasteiger partial charge in [0.25, 0.3) is 0 Å². The van der Waals surface area contributed by atoms with E-state index in [4.69, 9.17) is 4.98 Å². The van der Waals surface area contributed by atoms with Crippen LogP contribution in [0.5, 0.6) is 0 Å². The van der Waals surface area contributed by atoms with E-state index in [1.807, 2.05) is 6.07 Å². The molecule has 0 atom stereocenters. The Morgan fingerprint density at radius 3 is 2.57 bits per heavy atom. The fraction of sp³-hybridized carbons (Fsp3) is 0.188. The normalized spacial score (nSPS) is 11.0. The number of thiophene rings is 1. The lowest BCUT2D eigenvalue weighted by molar-refractivity contribution is 0.735. The summed E-state index contributed by atoms with van der Waals surface area (Å²) in [6, 6.07) is 14.6. The van der Waals surface area contributed by atoms with Crippen molar-refractivity contribution in [3.05, 3.63) is 51.1 Å². The predicted octanol–water partition coefficient (Wildman–Crippen LogP) is 5.41. The number of halogens is 1. The molecule has 0 bridgehead atoms. The summed E-state index contributed by atoms with van der Waals surface area (Å²) in [4.78, 5) is 7.39. The Labute approximate surface area is 141 Å². The lowest BCUT2D eigenvalue weighted by Crippen LogP contribution is -2.11. The van der Waals surface area contributed by atoms with Crippen LogP contribution >= 0.6 is 38.6 Å². The first-order valence-corrected chi connectivity index (χ1v) is 9.22. The third-order valence-corrected chi connectivity index (χ3v) is 5.91. The Morgan fingerprint density at radius 2 is 1.90 bits per heavy atom. The first-order chi connectivity index (χ1) is 10.3. The summed E-state index contributed by atoms with van der Waals surface area (Å²) < 4.78 is 1.14. The van der Waals surface area contributed by atoms with Crippen molar-refractivity contribution in [2.75, 3.05) is 6.54 Å². The monoisotopic (exact) mass is 378 g/mol. The van der Waals surface area contributed by atoms with Gasteiger partial charge in [-0.15, -0.1) is 22.7 Å². The maximum absolute atomic E-state index is 4.89. The third kappa shape index (κ3) is 3.43. The molecule has 0 amide bonds. The summed E-state index contributed by atoms with van der Waals surface area (Å²) in [6.07, 6.45) is 0. The first-order valence-electron chi connectivity index (χ1n) is 6.79. The Morgan fingerprint density at radius 1 is 1.10 bits per heavy atom. The second-order valence-corrected chi connectivity index (χ2v) is 8.09. The number of hydrogen-bond acceptors (Lipinski definition) is 4. The molecule has 0 spiro atoms. The minimum atomic E-state index is 0.866. The molecule has 2 aromatic heterocycles. The topological polar surface area (TPSA) is 24.9 Å². The van der Waals surface area contributed by atoms with E-state index < -0.39 is 0 Å². The molecule has 3 aromatic rings.